The van der Waals surface area contributed by atoms with Crippen LogP contribution in [0.1, 0.15) is 33.7 Å². The molecule has 2 aromatic heterocycles. The van der Waals surface area contributed by atoms with Gasteiger partial charge in [0.15, 0.2) is 21.0 Å². The molecule has 0 unspecified atom stereocenters. The fourth-order valence-corrected chi connectivity index (χ4v) is 5.62. The highest BCUT2D eigenvalue weighted by Crippen LogP contribution is 2.44. The number of ether oxygens (including phenoxy) is 2. The van der Waals surface area contributed by atoms with Crippen molar-refractivity contribution in [3.8, 4) is 23.3 Å². The van der Waals surface area contributed by atoms with Crippen LogP contribution in [-0.4, -0.2) is 35.6 Å². The van der Waals surface area contributed by atoms with Crippen molar-refractivity contribution in [2.45, 2.75) is 19.4 Å². The summed E-state index contributed by atoms with van der Waals surface area (Å²) in [5, 5.41) is 22.5. The zero-order chi connectivity index (χ0) is 30.3. The van der Waals surface area contributed by atoms with E-state index in [4.69, 9.17) is 33.9 Å². The van der Waals surface area contributed by atoms with Gasteiger partial charge in [-0.05, 0) is 70.5 Å². The van der Waals surface area contributed by atoms with E-state index in [0.717, 1.165) is 11.1 Å². The van der Waals surface area contributed by atoms with Gasteiger partial charge in [-0.25, -0.2) is 0 Å². The maximum absolute atomic E-state index is 13.6. The zero-order valence-corrected chi connectivity index (χ0v) is 26.5. The Morgan fingerprint density at radius 3 is 1.90 bits per heavy atom. The number of aryl methyl sites for hydroxylation is 1. The summed E-state index contributed by atoms with van der Waals surface area (Å²) >= 11 is 14.2. The van der Waals surface area contributed by atoms with Crippen molar-refractivity contribution in [1.29, 1.82) is 0 Å². The van der Waals surface area contributed by atoms with Crippen molar-refractivity contribution in [2.24, 2.45) is 28.2 Å². The maximum Gasteiger partial charge on any atom is 0.262 e. The first-order chi connectivity index (χ1) is 19.3. The maximum atomic E-state index is 13.6. The van der Waals surface area contributed by atoms with Crippen LogP contribution in [0, 0.1) is 16.5 Å². The highest BCUT2D eigenvalue weighted by molar-refractivity contribution is 9.10. The highest BCUT2D eigenvalue weighted by Gasteiger charge is 2.33. The summed E-state index contributed by atoms with van der Waals surface area (Å²) in [6.45, 7) is 2.25. The first-order valence-electron chi connectivity index (χ1n) is 12.3. The van der Waals surface area contributed by atoms with Gasteiger partial charge in [-0.15, -0.1) is 0 Å². The molecule has 10 nitrogen and oxygen atoms in total. The molecule has 0 aliphatic rings. The second-order valence-corrected chi connectivity index (χ2v) is 11.2. The van der Waals surface area contributed by atoms with Crippen LogP contribution in [0.25, 0.3) is 0 Å². The van der Waals surface area contributed by atoms with Crippen molar-refractivity contribution in [1.82, 2.24) is 18.3 Å². The minimum absolute atomic E-state index is 0.0669. The third kappa shape index (κ3) is 5.36. The Bertz CT molecular complexity index is 1840. The number of aromatic nitrogens is 4. The fourth-order valence-electron chi connectivity index (χ4n) is 4.71. The lowest BCUT2D eigenvalue weighted by atomic mass is 9.86. The molecule has 41 heavy (non-hydrogen) atoms. The highest BCUT2D eigenvalue weighted by atomic mass is 79.9. The van der Waals surface area contributed by atoms with Crippen LogP contribution in [0.4, 0.5) is 0 Å². The van der Waals surface area contributed by atoms with Crippen LogP contribution < -0.4 is 20.6 Å². The Morgan fingerprint density at radius 1 is 0.878 bits per heavy atom. The first-order valence-corrected chi connectivity index (χ1v) is 13.9. The monoisotopic (exact) mass is 660 g/mol. The molecule has 4 aromatic rings. The first kappa shape index (κ1) is 30.3. The summed E-state index contributed by atoms with van der Waals surface area (Å²) in [5.41, 5.74) is 0.774. The predicted molar refractivity (Wildman–Crippen MR) is 163 cm³/mol. The molecule has 0 saturated carbocycles. The molecular formula is C28H29BrN4O6S2. The molecule has 216 valence electrons. The van der Waals surface area contributed by atoms with Gasteiger partial charge in [0.05, 0.1) is 28.6 Å². The summed E-state index contributed by atoms with van der Waals surface area (Å²) in [5.74, 6) is -1.47. The molecule has 2 N–H and O–H groups in total. The van der Waals surface area contributed by atoms with Gasteiger partial charge in [-0.1, -0.05) is 29.8 Å². The number of aromatic hydroxyl groups is 2. The van der Waals surface area contributed by atoms with Crippen LogP contribution in [0.15, 0.2) is 50.5 Å². The van der Waals surface area contributed by atoms with E-state index >= 15 is 0 Å². The minimum atomic E-state index is -1.26. The third-order valence-electron chi connectivity index (χ3n) is 6.96. The lowest BCUT2D eigenvalue weighted by Crippen LogP contribution is -2.33. The predicted octanol–water partition coefficient (Wildman–Crippen LogP) is 4.47. The second kappa shape index (κ2) is 11.7. The molecule has 2 heterocycles. The summed E-state index contributed by atoms with van der Waals surface area (Å²) < 4.78 is 17.3. The van der Waals surface area contributed by atoms with E-state index in [9.17, 15) is 19.8 Å². The Labute approximate surface area is 254 Å². The number of hydrogen-bond acceptors (Lipinski definition) is 8. The molecule has 0 spiro atoms. The number of methoxy groups -OCH3 is 1. The summed E-state index contributed by atoms with van der Waals surface area (Å²) in [6, 6.07) is 11.1. The van der Waals surface area contributed by atoms with E-state index in [0.29, 0.717) is 21.5 Å². The fraction of sp³-hybridized carbons (Fsp3) is 0.286. The summed E-state index contributed by atoms with van der Waals surface area (Å²) in [7, 11) is 7.40. The summed E-state index contributed by atoms with van der Waals surface area (Å²) in [6.07, 6.45) is 0. The average Bonchev–Trinajstić information content (AvgIpc) is 2.95. The third-order valence-corrected chi connectivity index (χ3v) is 8.65. The topological polar surface area (TPSA) is 113 Å². The second-order valence-electron chi connectivity index (χ2n) is 9.63. The Morgan fingerprint density at radius 2 is 1.41 bits per heavy atom. The molecule has 13 heteroatoms. The van der Waals surface area contributed by atoms with Gasteiger partial charge in [0, 0.05) is 28.2 Å². The lowest BCUT2D eigenvalue weighted by molar-refractivity contribution is 0.282. The minimum Gasteiger partial charge on any atom is -0.494 e. The van der Waals surface area contributed by atoms with Gasteiger partial charge in [-0.2, -0.15) is 0 Å². The Hall–Kier alpha value is -3.68. The molecule has 0 aliphatic carbocycles. The molecule has 0 saturated heterocycles. The van der Waals surface area contributed by atoms with Crippen LogP contribution in [0.5, 0.6) is 23.3 Å². The molecule has 0 fully saturated rings. The van der Waals surface area contributed by atoms with Crippen LogP contribution in [-0.2, 0) is 34.8 Å². The quantitative estimate of drug-likeness (QED) is 0.279. The SMILES string of the molecule is COc1cc(C(c2c(O)n(C)c(=S)n(C)c2=O)c2c(O)n(C)c(=S)n(C)c2=O)cc(Br)c1OCc1cccc(C)c1. The van der Waals surface area contributed by atoms with Crippen molar-refractivity contribution >= 4 is 40.4 Å². The van der Waals surface area contributed by atoms with Crippen LogP contribution in [0.2, 0.25) is 0 Å². The largest absolute Gasteiger partial charge is 0.494 e. The normalized spacial score (nSPS) is 11.2. The molecule has 4 rings (SSSR count). The molecule has 2 aromatic carbocycles. The Balaban J connectivity index is 2.03. The van der Waals surface area contributed by atoms with Crippen LogP contribution >= 0.6 is 40.4 Å². The van der Waals surface area contributed by atoms with Gasteiger partial charge in [0.2, 0.25) is 11.8 Å². The number of rotatable bonds is 7. The van der Waals surface area contributed by atoms with Crippen molar-refractivity contribution in [2.75, 3.05) is 7.11 Å². The van der Waals surface area contributed by atoms with Crippen molar-refractivity contribution in [3.05, 3.63) is 98.9 Å². The standard InChI is InChI=1S/C28H29BrN4O6S2/c1-14-8-7-9-15(10-14)13-39-22-17(29)11-16(12-18(22)38-6)19(20-23(34)30(2)27(40)31(3)24(20)35)21-25(36)32(4)28(41)33(5)26(21)37/h7-12,19,34,36H,13H2,1-6H3. The number of benzene rings is 2. The molecule has 0 radical (unpaired) electrons. The molecular weight excluding hydrogens is 632 g/mol. The zero-order valence-electron chi connectivity index (χ0n) is 23.3. The Kier molecular flexibility index (Phi) is 8.62. The van der Waals surface area contributed by atoms with E-state index < -0.39 is 28.8 Å². The van der Waals surface area contributed by atoms with E-state index in [1.807, 2.05) is 31.2 Å². The lowest BCUT2D eigenvalue weighted by Gasteiger charge is -2.24. The number of halogens is 1. The smallest absolute Gasteiger partial charge is 0.262 e. The van der Waals surface area contributed by atoms with Gasteiger partial charge in [0.25, 0.3) is 11.1 Å². The molecule has 0 amide bonds. The van der Waals surface area contributed by atoms with Gasteiger partial charge in [-0.3, -0.25) is 27.9 Å². The summed E-state index contributed by atoms with van der Waals surface area (Å²) in [4.78, 5) is 27.3. The van der Waals surface area contributed by atoms with E-state index in [-0.39, 0.29) is 27.3 Å². The van der Waals surface area contributed by atoms with Gasteiger partial charge < -0.3 is 19.7 Å². The van der Waals surface area contributed by atoms with Crippen molar-refractivity contribution in [3.63, 3.8) is 0 Å². The number of nitrogens with zero attached hydrogens (tertiary/aromatic N) is 4. The number of hydrogen-bond donors (Lipinski definition) is 2. The van der Waals surface area contributed by atoms with Gasteiger partial charge >= 0.3 is 0 Å². The molecule has 0 bridgehead atoms. The van der Waals surface area contributed by atoms with Gasteiger partial charge in [0.1, 0.15) is 6.61 Å². The van der Waals surface area contributed by atoms with E-state index in [1.54, 1.807) is 12.1 Å². The van der Waals surface area contributed by atoms with Crippen LogP contribution in [0.3, 0.4) is 0 Å². The van der Waals surface area contributed by atoms with Crippen molar-refractivity contribution < 1.29 is 19.7 Å². The molecule has 0 atom stereocenters. The van der Waals surface area contributed by atoms with E-state index in [1.165, 1.54) is 53.6 Å². The average molecular weight is 662 g/mol. The van der Waals surface area contributed by atoms with E-state index in [2.05, 4.69) is 15.9 Å². The molecule has 0 aliphatic heterocycles.